The van der Waals surface area contributed by atoms with Crippen LogP contribution in [0.1, 0.15) is 11.4 Å². The third-order valence-electron chi connectivity index (χ3n) is 3.91. The predicted octanol–water partition coefficient (Wildman–Crippen LogP) is 1.36. The van der Waals surface area contributed by atoms with Gasteiger partial charge in [-0.2, -0.15) is 5.10 Å². The van der Waals surface area contributed by atoms with Crippen LogP contribution in [0.3, 0.4) is 0 Å². The summed E-state index contributed by atoms with van der Waals surface area (Å²) < 4.78 is 12.7. The lowest BCUT2D eigenvalue weighted by molar-refractivity contribution is -0.386. The predicted molar refractivity (Wildman–Crippen MR) is 87.7 cm³/mol. The Morgan fingerprint density at radius 2 is 2.12 bits per heavy atom. The van der Waals surface area contributed by atoms with Gasteiger partial charge < -0.3 is 14.8 Å². The molecule has 0 fully saturated rings. The Hall–Kier alpha value is -3.10. The lowest BCUT2D eigenvalue weighted by Gasteiger charge is -2.26. The summed E-state index contributed by atoms with van der Waals surface area (Å²) in [6, 6.07) is 7.33. The highest BCUT2D eigenvalue weighted by atomic mass is 16.6. The molecule has 0 bridgehead atoms. The average molecular weight is 346 g/mol. The van der Waals surface area contributed by atoms with Crippen molar-refractivity contribution in [3.63, 3.8) is 0 Å². The summed E-state index contributed by atoms with van der Waals surface area (Å²) in [6.07, 6.45) is -0.298. The zero-order chi connectivity index (χ0) is 18.0. The molecular weight excluding hydrogens is 328 g/mol. The second kappa shape index (κ2) is 6.80. The monoisotopic (exact) mass is 346 g/mol. The third kappa shape index (κ3) is 3.54. The number of aryl methyl sites for hydroxylation is 1. The van der Waals surface area contributed by atoms with Crippen LogP contribution in [0.15, 0.2) is 24.3 Å². The normalized spacial score (nSPS) is 15.7. The van der Waals surface area contributed by atoms with Gasteiger partial charge in [-0.25, -0.2) is 0 Å². The fourth-order valence-corrected chi connectivity index (χ4v) is 2.69. The van der Waals surface area contributed by atoms with Crippen LogP contribution in [-0.2, 0) is 11.3 Å². The molecule has 1 amide bonds. The first-order valence-electron chi connectivity index (χ1n) is 7.79. The number of para-hydroxylation sites is 2. The molecule has 0 saturated carbocycles. The minimum Gasteiger partial charge on any atom is -0.486 e. The maximum atomic E-state index is 12.1. The van der Waals surface area contributed by atoms with Gasteiger partial charge in [-0.3, -0.25) is 19.6 Å². The minimum absolute atomic E-state index is 0.0616. The summed E-state index contributed by atoms with van der Waals surface area (Å²) in [5.41, 5.74) is 0.577. The van der Waals surface area contributed by atoms with E-state index >= 15 is 0 Å². The molecule has 132 valence electrons. The fourth-order valence-electron chi connectivity index (χ4n) is 2.69. The van der Waals surface area contributed by atoms with Crippen LogP contribution in [0.25, 0.3) is 0 Å². The van der Waals surface area contributed by atoms with Crippen LogP contribution in [0.4, 0.5) is 5.69 Å². The van der Waals surface area contributed by atoms with Gasteiger partial charge in [0.15, 0.2) is 11.5 Å². The van der Waals surface area contributed by atoms with Gasteiger partial charge in [0, 0.05) is 0 Å². The summed E-state index contributed by atoms with van der Waals surface area (Å²) in [7, 11) is 0. The third-order valence-corrected chi connectivity index (χ3v) is 3.91. The van der Waals surface area contributed by atoms with Crippen LogP contribution >= 0.6 is 0 Å². The van der Waals surface area contributed by atoms with Crippen molar-refractivity contribution in [2.45, 2.75) is 26.5 Å². The SMILES string of the molecule is Cc1nn(CC(=O)NCC2COc3ccccc3O2)c(C)c1[N+](=O)[O-]. The fraction of sp³-hybridized carbons (Fsp3) is 0.375. The number of fused-ring (bicyclic) bond motifs is 1. The van der Waals surface area contributed by atoms with Crippen LogP contribution in [-0.4, -0.2) is 39.9 Å². The average Bonchev–Trinajstić information content (AvgIpc) is 2.86. The van der Waals surface area contributed by atoms with E-state index in [4.69, 9.17) is 9.47 Å². The highest BCUT2D eigenvalue weighted by Crippen LogP contribution is 2.30. The van der Waals surface area contributed by atoms with Gasteiger partial charge in [0.2, 0.25) is 5.91 Å². The number of rotatable bonds is 5. The number of ether oxygens (including phenoxy) is 2. The van der Waals surface area contributed by atoms with E-state index in [-0.39, 0.29) is 36.5 Å². The number of nitro groups is 1. The quantitative estimate of drug-likeness (QED) is 0.647. The van der Waals surface area contributed by atoms with Crippen molar-refractivity contribution in [1.29, 1.82) is 0 Å². The maximum Gasteiger partial charge on any atom is 0.312 e. The van der Waals surface area contributed by atoms with Crippen molar-refractivity contribution >= 4 is 11.6 Å². The zero-order valence-corrected chi connectivity index (χ0v) is 13.9. The first kappa shape index (κ1) is 16.7. The van der Waals surface area contributed by atoms with Crippen molar-refractivity contribution < 1.29 is 19.2 Å². The molecule has 0 aliphatic carbocycles. The van der Waals surface area contributed by atoms with Crippen LogP contribution in [0.5, 0.6) is 11.5 Å². The molecule has 2 heterocycles. The second-order valence-corrected chi connectivity index (χ2v) is 5.74. The van der Waals surface area contributed by atoms with Gasteiger partial charge >= 0.3 is 5.69 Å². The van der Waals surface area contributed by atoms with E-state index in [1.54, 1.807) is 19.9 Å². The van der Waals surface area contributed by atoms with E-state index in [2.05, 4.69) is 10.4 Å². The molecule has 2 aromatic rings. The smallest absolute Gasteiger partial charge is 0.312 e. The number of aromatic nitrogens is 2. The Balaban J connectivity index is 1.56. The number of amides is 1. The van der Waals surface area contributed by atoms with Gasteiger partial charge in [0.25, 0.3) is 0 Å². The van der Waals surface area contributed by atoms with Crippen molar-refractivity contribution in [2.75, 3.05) is 13.2 Å². The molecule has 0 saturated heterocycles. The summed E-state index contributed by atoms with van der Waals surface area (Å²) >= 11 is 0. The highest BCUT2D eigenvalue weighted by molar-refractivity contribution is 5.75. The first-order valence-corrected chi connectivity index (χ1v) is 7.79. The van der Waals surface area contributed by atoms with E-state index in [9.17, 15) is 14.9 Å². The van der Waals surface area contributed by atoms with E-state index < -0.39 is 4.92 Å². The second-order valence-electron chi connectivity index (χ2n) is 5.74. The molecule has 9 heteroatoms. The van der Waals surface area contributed by atoms with Gasteiger partial charge in [-0.15, -0.1) is 0 Å². The van der Waals surface area contributed by atoms with Crippen LogP contribution in [0, 0.1) is 24.0 Å². The molecule has 3 rings (SSSR count). The molecule has 1 aliphatic rings. The van der Waals surface area contributed by atoms with E-state index in [0.29, 0.717) is 23.8 Å². The molecule has 1 aromatic carbocycles. The first-order chi connectivity index (χ1) is 12.0. The summed E-state index contributed by atoms with van der Waals surface area (Å²) in [6.45, 7) is 3.63. The molecule has 9 nitrogen and oxygen atoms in total. The maximum absolute atomic E-state index is 12.1. The molecule has 1 unspecified atom stereocenters. The standard InChI is InChI=1S/C16H18N4O5/c1-10-16(20(22)23)11(2)19(18-10)8-15(21)17-7-12-9-24-13-5-3-4-6-14(13)25-12/h3-6,12H,7-9H2,1-2H3,(H,17,21). The number of nitrogens with zero attached hydrogens (tertiary/aromatic N) is 3. The topological polar surface area (TPSA) is 109 Å². The molecule has 0 spiro atoms. The number of benzene rings is 1. The van der Waals surface area contributed by atoms with E-state index in [1.807, 2.05) is 18.2 Å². The van der Waals surface area contributed by atoms with E-state index in [1.165, 1.54) is 4.68 Å². The Morgan fingerprint density at radius 1 is 1.40 bits per heavy atom. The molecule has 1 aromatic heterocycles. The molecule has 25 heavy (non-hydrogen) atoms. The van der Waals surface area contributed by atoms with Crippen LogP contribution in [0.2, 0.25) is 0 Å². The van der Waals surface area contributed by atoms with Gasteiger partial charge in [0.1, 0.15) is 30.6 Å². The van der Waals surface area contributed by atoms with Crippen molar-refractivity contribution in [3.8, 4) is 11.5 Å². The summed E-state index contributed by atoms with van der Waals surface area (Å²) in [5.74, 6) is 1.02. The van der Waals surface area contributed by atoms with Crippen molar-refractivity contribution in [2.24, 2.45) is 0 Å². The van der Waals surface area contributed by atoms with Gasteiger partial charge in [-0.1, -0.05) is 12.1 Å². The number of hydrogen-bond donors (Lipinski definition) is 1. The lowest BCUT2D eigenvalue weighted by Crippen LogP contribution is -2.41. The lowest BCUT2D eigenvalue weighted by atomic mass is 10.2. The summed E-state index contributed by atoms with van der Waals surface area (Å²) in [5, 5.41) is 17.8. The minimum atomic E-state index is -0.489. The number of carbonyl (C=O) groups is 1. The molecule has 1 N–H and O–H groups in total. The Labute approximate surface area is 143 Å². The zero-order valence-electron chi connectivity index (χ0n) is 13.9. The number of hydrogen-bond acceptors (Lipinski definition) is 6. The van der Waals surface area contributed by atoms with Gasteiger partial charge in [-0.05, 0) is 26.0 Å². The molecular formula is C16H18N4O5. The molecule has 1 atom stereocenters. The van der Waals surface area contributed by atoms with Crippen molar-refractivity contribution in [1.82, 2.24) is 15.1 Å². The Morgan fingerprint density at radius 3 is 2.80 bits per heavy atom. The largest absolute Gasteiger partial charge is 0.486 e. The number of nitrogens with one attached hydrogen (secondary N) is 1. The van der Waals surface area contributed by atoms with Crippen molar-refractivity contribution in [3.05, 3.63) is 45.8 Å². The molecule has 0 radical (unpaired) electrons. The number of carbonyl (C=O) groups excluding carboxylic acids is 1. The van der Waals surface area contributed by atoms with Gasteiger partial charge in [0.05, 0.1) is 11.5 Å². The summed E-state index contributed by atoms with van der Waals surface area (Å²) in [4.78, 5) is 22.6. The van der Waals surface area contributed by atoms with Crippen LogP contribution < -0.4 is 14.8 Å². The Bertz CT molecular complexity index is 817. The molecule has 1 aliphatic heterocycles. The Kier molecular flexibility index (Phi) is 4.55. The highest BCUT2D eigenvalue weighted by Gasteiger charge is 2.24. The van der Waals surface area contributed by atoms with E-state index in [0.717, 1.165) is 0 Å².